The topological polar surface area (TPSA) is 90.6 Å². The van der Waals surface area contributed by atoms with E-state index >= 15 is 0 Å². The van der Waals surface area contributed by atoms with Crippen molar-refractivity contribution in [2.75, 3.05) is 7.05 Å². The monoisotopic (exact) mass is 338 g/mol. The third-order valence-corrected chi connectivity index (χ3v) is 3.64. The van der Waals surface area contributed by atoms with Gasteiger partial charge in [-0.25, -0.2) is 4.79 Å². The molecule has 1 N–H and O–H groups in total. The van der Waals surface area contributed by atoms with Crippen LogP contribution in [-0.2, 0) is 11.3 Å². The number of hydrogen-bond acceptors (Lipinski definition) is 4. The van der Waals surface area contributed by atoms with Crippen molar-refractivity contribution >= 4 is 11.9 Å². The average molecular weight is 338 g/mol. The van der Waals surface area contributed by atoms with Gasteiger partial charge in [0.05, 0.1) is 17.2 Å². The van der Waals surface area contributed by atoms with Crippen LogP contribution in [-0.4, -0.2) is 35.0 Å². The Kier molecular flexibility index (Phi) is 5.75. The maximum Gasteiger partial charge on any atom is 0.335 e. The smallest absolute Gasteiger partial charge is 0.335 e. The van der Waals surface area contributed by atoms with Crippen molar-refractivity contribution in [3.05, 3.63) is 65.2 Å². The summed E-state index contributed by atoms with van der Waals surface area (Å²) >= 11 is 0. The standard InChI is InChI=1S/C19H18N2O4/c1-13(25-17-9-5-14(11-20)6-10-17)18(22)21(2)12-15-3-7-16(8-4-15)19(23)24/h3-10,13H,12H2,1-2H3,(H,23,24). The summed E-state index contributed by atoms with van der Waals surface area (Å²) < 4.78 is 5.61. The van der Waals surface area contributed by atoms with E-state index in [9.17, 15) is 9.59 Å². The second-order valence-electron chi connectivity index (χ2n) is 5.59. The van der Waals surface area contributed by atoms with Crippen LogP contribution in [0.5, 0.6) is 5.75 Å². The predicted molar refractivity (Wildman–Crippen MR) is 91.1 cm³/mol. The second-order valence-corrected chi connectivity index (χ2v) is 5.59. The van der Waals surface area contributed by atoms with Crippen molar-refractivity contribution in [3.63, 3.8) is 0 Å². The van der Waals surface area contributed by atoms with Gasteiger partial charge in [-0.1, -0.05) is 12.1 Å². The number of nitriles is 1. The summed E-state index contributed by atoms with van der Waals surface area (Å²) in [5.41, 5.74) is 1.55. The number of nitrogens with zero attached hydrogens (tertiary/aromatic N) is 2. The van der Waals surface area contributed by atoms with Gasteiger partial charge in [-0.3, -0.25) is 4.79 Å². The summed E-state index contributed by atoms with van der Waals surface area (Å²) in [7, 11) is 1.66. The molecule has 0 aromatic heterocycles. The van der Waals surface area contributed by atoms with Crippen LogP contribution in [0.25, 0.3) is 0 Å². The fraction of sp³-hybridized carbons (Fsp3) is 0.211. The molecular weight excluding hydrogens is 320 g/mol. The number of aromatic carboxylic acids is 1. The second kappa shape index (κ2) is 7.97. The summed E-state index contributed by atoms with van der Waals surface area (Å²) in [5.74, 6) is -0.675. The number of carboxylic acid groups (broad SMARTS) is 1. The molecule has 0 bridgehead atoms. The Morgan fingerprint density at radius 3 is 2.28 bits per heavy atom. The molecule has 2 aromatic rings. The van der Waals surface area contributed by atoms with Crippen LogP contribution in [0.3, 0.4) is 0 Å². The number of amides is 1. The Morgan fingerprint density at radius 1 is 1.16 bits per heavy atom. The van der Waals surface area contributed by atoms with Crippen molar-refractivity contribution in [1.82, 2.24) is 4.90 Å². The molecule has 0 heterocycles. The number of benzene rings is 2. The van der Waals surface area contributed by atoms with Crippen molar-refractivity contribution in [1.29, 1.82) is 5.26 Å². The van der Waals surface area contributed by atoms with Crippen LogP contribution < -0.4 is 4.74 Å². The Labute approximate surface area is 145 Å². The van der Waals surface area contributed by atoms with Gasteiger partial charge in [-0.05, 0) is 48.9 Å². The van der Waals surface area contributed by atoms with E-state index in [1.807, 2.05) is 6.07 Å². The third kappa shape index (κ3) is 4.82. The Balaban J connectivity index is 1.95. The molecule has 0 radical (unpaired) electrons. The van der Waals surface area contributed by atoms with Gasteiger partial charge in [0.1, 0.15) is 5.75 Å². The molecule has 25 heavy (non-hydrogen) atoms. The zero-order valence-corrected chi connectivity index (χ0v) is 14.0. The number of carboxylic acids is 1. The molecule has 0 fully saturated rings. The number of ether oxygens (including phenoxy) is 1. The molecule has 6 heteroatoms. The molecule has 128 valence electrons. The highest BCUT2D eigenvalue weighted by Crippen LogP contribution is 2.15. The molecule has 1 unspecified atom stereocenters. The number of carbonyl (C=O) groups excluding carboxylic acids is 1. The third-order valence-electron chi connectivity index (χ3n) is 3.64. The quantitative estimate of drug-likeness (QED) is 0.874. The van der Waals surface area contributed by atoms with Crippen LogP contribution in [0, 0.1) is 11.3 Å². The van der Waals surface area contributed by atoms with E-state index in [0.717, 1.165) is 5.56 Å². The zero-order valence-electron chi connectivity index (χ0n) is 14.0. The molecule has 1 atom stereocenters. The summed E-state index contributed by atoms with van der Waals surface area (Å²) in [6.07, 6.45) is -0.684. The van der Waals surface area contributed by atoms with Crippen molar-refractivity contribution < 1.29 is 19.4 Å². The van der Waals surface area contributed by atoms with E-state index in [1.54, 1.807) is 50.4 Å². The molecule has 2 rings (SSSR count). The first-order valence-electron chi connectivity index (χ1n) is 7.64. The maximum atomic E-state index is 12.4. The first kappa shape index (κ1) is 18.0. The van der Waals surface area contributed by atoms with Gasteiger partial charge in [0.25, 0.3) is 5.91 Å². The van der Waals surface area contributed by atoms with E-state index < -0.39 is 12.1 Å². The highest BCUT2D eigenvalue weighted by atomic mass is 16.5. The fourth-order valence-electron chi connectivity index (χ4n) is 2.28. The van der Waals surface area contributed by atoms with Crippen molar-refractivity contribution in [3.8, 4) is 11.8 Å². The average Bonchev–Trinajstić information content (AvgIpc) is 2.62. The highest BCUT2D eigenvalue weighted by Gasteiger charge is 2.19. The highest BCUT2D eigenvalue weighted by molar-refractivity contribution is 5.87. The first-order valence-corrected chi connectivity index (χ1v) is 7.64. The molecule has 1 amide bonds. The van der Waals surface area contributed by atoms with Gasteiger partial charge in [0.2, 0.25) is 0 Å². The molecule has 0 saturated heterocycles. The summed E-state index contributed by atoms with van der Waals surface area (Å²) in [6.45, 7) is 2.00. The lowest BCUT2D eigenvalue weighted by Crippen LogP contribution is -2.37. The van der Waals surface area contributed by atoms with E-state index in [2.05, 4.69) is 0 Å². The van der Waals surface area contributed by atoms with Gasteiger partial charge < -0.3 is 14.7 Å². The molecular formula is C19H18N2O4. The summed E-state index contributed by atoms with van der Waals surface area (Å²) in [4.78, 5) is 24.8. The number of hydrogen-bond donors (Lipinski definition) is 1. The van der Waals surface area contributed by atoms with Crippen LogP contribution >= 0.6 is 0 Å². The first-order chi connectivity index (χ1) is 11.9. The minimum absolute atomic E-state index is 0.202. The van der Waals surface area contributed by atoms with Crippen LogP contribution in [0.1, 0.15) is 28.4 Å². The molecule has 0 aliphatic rings. The number of carbonyl (C=O) groups is 2. The van der Waals surface area contributed by atoms with E-state index in [-0.39, 0.29) is 11.5 Å². The number of rotatable bonds is 6. The molecule has 0 saturated carbocycles. The van der Waals surface area contributed by atoms with Gasteiger partial charge >= 0.3 is 5.97 Å². The largest absolute Gasteiger partial charge is 0.481 e. The van der Waals surface area contributed by atoms with Gasteiger partial charge in [0.15, 0.2) is 6.10 Å². The minimum atomic E-state index is -0.986. The summed E-state index contributed by atoms with van der Waals surface area (Å²) in [5, 5.41) is 17.7. The van der Waals surface area contributed by atoms with Crippen molar-refractivity contribution in [2.24, 2.45) is 0 Å². The van der Waals surface area contributed by atoms with Gasteiger partial charge in [-0.15, -0.1) is 0 Å². The molecule has 2 aromatic carbocycles. The lowest BCUT2D eigenvalue weighted by molar-refractivity contribution is -0.137. The minimum Gasteiger partial charge on any atom is -0.481 e. The molecule has 6 nitrogen and oxygen atoms in total. The number of likely N-dealkylation sites (N-methyl/N-ethyl adjacent to an activating group) is 1. The van der Waals surface area contributed by atoms with Crippen molar-refractivity contribution in [2.45, 2.75) is 19.6 Å². The fourth-order valence-corrected chi connectivity index (χ4v) is 2.28. The van der Waals surface area contributed by atoms with Crippen LogP contribution in [0.2, 0.25) is 0 Å². The molecule has 0 spiro atoms. The molecule has 0 aliphatic heterocycles. The Morgan fingerprint density at radius 2 is 1.76 bits per heavy atom. The Hall–Kier alpha value is -3.33. The zero-order chi connectivity index (χ0) is 18.4. The maximum absolute atomic E-state index is 12.4. The molecule has 0 aliphatic carbocycles. The summed E-state index contributed by atoms with van der Waals surface area (Å²) in [6, 6.07) is 14.9. The SMILES string of the molecule is CC(Oc1ccc(C#N)cc1)C(=O)N(C)Cc1ccc(C(=O)O)cc1. The lowest BCUT2D eigenvalue weighted by Gasteiger charge is -2.22. The lowest BCUT2D eigenvalue weighted by atomic mass is 10.1. The van der Waals surface area contributed by atoms with Crippen LogP contribution in [0.15, 0.2) is 48.5 Å². The van der Waals surface area contributed by atoms with E-state index in [1.165, 1.54) is 17.0 Å². The van der Waals surface area contributed by atoms with Crippen LogP contribution in [0.4, 0.5) is 0 Å². The van der Waals surface area contributed by atoms with E-state index in [4.69, 9.17) is 15.1 Å². The normalized spacial score (nSPS) is 11.2. The van der Waals surface area contributed by atoms with Gasteiger partial charge in [0, 0.05) is 13.6 Å². The van der Waals surface area contributed by atoms with Gasteiger partial charge in [-0.2, -0.15) is 5.26 Å². The Bertz CT molecular complexity index is 792. The van der Waals surface area contributed by atoms with E-state index in [0.29, 0.717) is 17.9 Å². The predicted octanol–water partition coefficient (Wildman–Crippen LogP) is 2.68.